The number of nitrogens with zero attached hydrogens (tertiary/aromatic N) is 1. The van der Waals surface area contributed by atoms with Crippen molar-refractivity contribution in [3.63, 3.8) is 0 Å². The van der Waals surface area contributed by atoms with Crippen molar-refractivity contribution in [3.05, 3.63) is 24.3 Å². The minimum atomic E-state index is 0. The Hall–Kier alpha value is -0.0800. The summed E-state index contributed by atoms with van der Waals surface area (Å²) >= 11 is 0. The van der Waals surface area contributed by atoms with E-state index in [4.69, 9.17) is 0 Å². The molecule has 0 aliphatic carbocycles. The Morgan fingerprint density at radius 1 is 0.162 bits per heavy atom. The zero-order valence-electron chi connectivity index (χ0n) is 52.4. The van der Waals surface area contributed by atoms with Gasteiger partial charge in [-0.3, -0.25) is 0 Å². The third-order valence-corrected chi connectivity index (χ3v) is 17.3. The van der Waals surface area contributed by atoms with E-state index in [2.05, 4.69) is 52.0 Å². The van der Waals surface area contributed by atoms with Gasteiger partial charge in [0, 0.05) is 0 Å². The quantitative estimate of drug-likeness (QED) is 0.0323. The zero-order valence-corrected chi connectivity index (χ0v) is 54.0. The maximum atomic E-state index is 2.51. The monoisotopic (exact) mass is 1100 g/mol. The molecule has 0 atom stereocenters. The van der Waals surface area contributed by atoms with Gasteiger partial charge in [0.25, 0.3) is 0 Å². The number of unbranched alkanes of at least 4 members (excludes halogenated alkanes) is 54. The van der Waals surface area contributed by atoms with Gasteiger partial charge in [-0.25, -0.2) is 0 Å². The lowest BCUT2D eigenvalue weighted by Gasteiger charge is -2.40. The lowest BCUT2D eigenvalue weighted by atomic mass is 10.0. The van der Waals surface area contributed by atoms with Crippen LogP contribution in [0.2, 0.25) is 0 Å². The fourth-order valence-corrected chi connectivity index (χ4v) is 12.1. The van der Waals surface area contributed by atoms with Gasteiger partial charge in [-0.15, -0.1) is 0 Å². The summed E-state index contributed by atoms with van der Waals surface area (Å²) in [5.41, 5.74) is 0. The van der Waals surface area contributed by atoms with Crippen LogP contribution in [-0.4, -0.2) is 30.7 Å². The summed E-state index contributed by atoms with van der Waals surface area (Å²) < 4.78 is 1.48. The van der Waals surface area contributed by atoms with Crippen LogP contribution < -0.4 is 17.0 Å². The van der Waals surface area contributed by atoms with Gasteiger partial charge in [0.05, 0.1) is 26.2 Å². The molecule has 0 saturated carbocycles. The van der Waals surface area contributed by atoms with Crippen LogP contribution in [0, 0.1) is 0 Å². The van der Waals surface area contributed by atoms with Crippen LogP contribution in [0.25, 0.3) is 0 Å². The fourth-order valence-electron chi connectivity index (χ4n) is 12.1. The van der Waals surface area contributed by atoms with E-state index in [1.54, 1.807) is 0 Å². The SMILES string of the molecule is CCCCCCCC/C=C\CCCCCCCC[N+](CCCCCCCC/C=C\CCCCCCCC)(CCCCCCCCCCCCCCCCCC)CCCCCCCCCCCCCCCCCC.[Br-]. The average Bonchev–Trinajstić information content (AvgIpc) is 3.40. The molecule has 0 rings (SSSR count). The van der Waals surface area contributed by atoms with Crippen molar-refractivity contribution in [1.29, 1.82) is 0 Å². The van der Waals surface area contributed by atoms with Gasteiger partial charge in [0.1, 0.15) is 0 Å². The van der Waals surface area contributed by atoms with Crippen LogP contribution in [-0.2, 0) is 0 Å². The lowest BCUT2D eigenvalue weighted by molar-refractivity contribution is -0.929. The van der Waals surface area contributed by atoms with Crippen molar-refractivity contribution in [1.82, 2.24) is 0 Å². The molecule has 2 heteroatoms. The van der Waals surface area contributed by atoms with Gasteiger partial charge in [-0.2, -0.15) is 0 Å². The highest BCUT2D eigenvalue weighted by atomic mass is 79.9. The summed E-state index contributed by atoms with van der Waals surface area (Å²) in [5.74, 6) is 0. The first-order valence-electron chi connectivity index (χ1n) is 35.4. The van der Waals surface area contributed by atoms with E-state index < -0.39 is 0 Å². The minimum Gasteiger partial charge on any atom is -1.00 e. The fraction of sp³-hybridized carbons (Fsp3) is 0.944. The molecule has 0 bridgehead atoms. The van der Waals surface area contributed by atoms with Crippen molar-refractivity contribution in [2.24, 2.45) is 0 Å². The third kappa shape index (κ3) is 62.8. The Bertz CT molecular complexity index is 937. The summed E-state index contributed by atoms with van der Waals surface area (Å²) in [6.07, 6.45) is 96.8. The van der Waals surface area contributed by atoms with Gasteiger partial charge in [-0.05, 0) is 103 Å². The maximum Gasteiger partial charge on any atom is 0.0786 e. The second-order valence-corrected chi connectivity index (χ2v) is 24.7. The summed E-state index contributed by atoms with van der Waals surface area (Å²) in [4.78, 5) is 0. The smallest absolute Gasteiger partial charge is 0.0786 e. The van der Waals surface area contributed by atoms with Crippen LogP contribution >= 0.6 is 0 Å². The number of quaternary nitrogens is 1. The van der Waals surface area contributed by atoms with Crippen molar-refractivity contribution in [2.45, 2.75) is 413 Å². The van der Waals surface area contributed by atoms with Crippen LogP contribution in [0.1, 0.15) is 413 Å². The first-order valence-corrected chi connectivity index (χ1v) is 35.4. The first kappa shape index (κ1) is 76.0. The van der Waals surface area contributed by atoms with E-state index in [1.165, 1.54) is 416 Å². The van der Waals surface area contributed by atoms with E-state index in [0.29, 0.717) is 0 Å². The number of hydrogen-bond acceptors (Lipinski definition) is 0. The van der Waals surface area contributed by atoms with E-state index in [1.807, 2.05) is 0 Å². The van der Waals surface area contributed by atoms with Crippen LogP contribution in [0.4, 0.5) is 0 Å². The van der Waals surface area contributed by atoms with Crippen LogP contribution in [0.3, 0.4) is 0 Å². The molecular weight excluding hydrogens is 959 g/mol. The molecule has 0 saturated heterocycles. The Labute approximate surface area is 482 Å². The Kier molecular flexibility index (Phi) is 70.9. The molecule has 0 aromatic heterocycles. The molecule has 0 aliphatic heterocycles. The largest absolute Gasteiger partial charge is 1.00 e. The van der Waals surface area contributed by atoms with E-state index >= 15 is 0 Å². The Balaban J connectivity index is 0. The van der Waals surface area contributed by atoms with Gasteiger partial charge >= 0.3 is 0 Å². The molecule has 0 aromatic carbocycles. The molecular formula is C72H144BrN. The zero-order chi connectivity index (χ0) is 52.6. The van der Waals surface area contributed by atoms with Crippen LogP contribution in [0.5, 0.6) is 0 Å². The molecule has 0 radical (unpaired) electrons. The minimum absolute atomic E-state index is 0. The Morgan fingerprint density at radius 3 is 0.432 bits per heavy atom. The molecule has 0 N–H and O–H groups in total. The predicted molar refractivity (Wildman–Crippen MR) is 338 cm³/mol. The van der Waals surface area contributed by atoms with Gasteiger partial charge < -0.3 is 21.5 Å². The summed E-state index contributed by atoms with van der Waals surface area (Å²) in [5, 5.41) is 0. The molecule has 0 heterocycles. The second kappa shape index (κ2) is 69.0. The molecule has 0 aromatic rings. The van der Waals surface area contributed by atoms with E-state index in [9.17, 15) is 0 Å². The van der Waals surface area contributed by atoms with Gasteiger partial charge in [-0.1, -0.05) is 335 Å². The number of rotatable bonds is 66. The average molecular weight is 1100 g/mol. The molecule has 74 heavy (non-hydrogen) atoms. The molecule has 1 nitrogen and oxygen atoms in total. The second-order valence-electron chi connectivity index (χ2n) is 24.7. The third-order valence-electron chi connectivity index (χ3n) is 17.3. The highest BCUT2D eigenvalue weighted by molar-refractivity contribution is 4.82. The number of allylic oxidation sites excluding steroid dienone is 4. The summed E-state index contributed by atoms with van der Waals surface area (Å²) in [6, 6.07) is 0. The van der Waals surface area contributed by atoms with Crippen molar-refractivity contribution >= 4 is 0 Å². The van der Waals surface area contributed by atoms with Crippen molar-refractivity contribution in [2.75, 3.05) is 26.2 Å². The molecule has 0 amide bonds. The standard InChI is InChI=1S/C72H144N.BrH/c1-5-9-13-17-21-25-29-33-37-41-45-49-53-57-61-65-69-73(70-66-62-58-54-50-46-42-38-34-30-26-22-18-14-10-6-2,71-67-63-59-55-51-47-43-39-35-31-27-23-19-15-11-7-3)72-68-64-60-56-52-48-44-40-36-32-28-24-20-16-12-8-4;/h33-34,37-38H,5-32,35-36,39-72H2,1-4H3;1H/q+1;/p-1/b37-33-,38-34-;. The van der Waals surface area contributed by atoms with Gasteiger partial charge in [0.15, 0.2) is 0 Å². The first-order chi connectivity index (χ1) is 36.2. The highest BCUT2D eigenvalue weighted by Crippen LogP contribution is 2.23. The number of hydrogen-bond donors (Lipinski definition) is 0. The number of halogens is 1. The van der Waals surface area contributed by atoms with Crippen LogP contribution in [0.15, 0.2) is 24.3 Å². The molecule has 0 spiro atoms. The Morgan fingerprint density at radius 2 is 0.284 bits per heavy atom. The summed E-state index contributed by atoms with van der Waals surface area (Å²) in [7, 11) is 0. The van der Waals surface area contributed by atoms with Crippen molar-refractivity contribution in [3.8, 4) is 0 Å². The summed E-state index contributed by atoms with van der Waals surface area (Å²) in [6.45, 7) is 15.2. The maximum absolute atomic E-state index is 2.51. The van der Waals surface area contributed by atoms with E-state index in [0.717, 1.165) is 0 Å². The van der Waals surface area contributed by atoms with E-state index in [-0.39, 0.29) is 17.0 Å². The molecule has 0 unspecified atom stereocenters. The highest BCUT2D eigenvalue weighted by Gasteiger charge is 2.26. The molecule has 0 aliphatic rings. The molecule has 444 valence electrons. The topological polar surface area (TPSA) is 0 Å². The predicted octanol–water partition coefficient (Wildman–Crippen LogP) is 23.4. The van der Waals surface area contributed by atoms with Crippen molar-refractivity contribution < 1.29 is 21.5 Å². The lowest BCUT2D eigenvalue weighted by Crippen LogP contribution is -3.00. The van der Waals surface area contributed by atoms with Gasteiger partial charge in [0.2, 0.25) is 0 Å². The normalized spacial score (nSPS) is 12.1. The molecule has 0 fully saturated rings.